The molecule has 1 N–H and O–H groups in total. The monoisotopic (exact) mass is 430 g/mol. The van der Waals surface area contributed by atoms with Gasteiger partial charge in [0.15, 0.2) is 18.1 Å². The fourth-order valence-electron chi connectivity index (χ4n) is 3.73. The van der Waals surface area contributed by atoms with Crippen LogP contribution in [0.1, 0.15) is 27.0 Å². The van der Waals surface area contributed by atoms with Crippen molar-refractivity contribution in [2.45, 2.75) is 20.0 Å². The maximum Gasteiger partial charge on any atom is 0.265 e. The Kier molecular flexibility index (Phi) is 5.15. The first-order valence-electron chi connectivity index (χ1n) is 10.4. The van der Waals surface area contributed by atoms with E-state index in [9.17, 15) is 9.59 Å². The Hall–Kier alpha value is -4.00. The molecule has 0 bridgehead atoms. The SMILES string of the molecule is Cc1ccc(CN2C(=O)COc3ccc(C(=O)NCc4ccc5c(c4)OCO5)cc32)cc1. The molecule has 3 aromatic carbocycles. The highest BCUT2D eigenvalue weighted by Crippen LogP contribution is 2.34. The van der Waals surface area contributed by atoms with Gasteiger partial charge in [0.25, 0.3) is 11.8 Å². The third kappa shape index (κ3) is 3.97. The summed E-state index contributed by atoms with van der Waals surface area (Å²) in [6.45, 7) is 2.97. The van der Waals surface area contributed by atoms with Gasteiger partial charge in [-0.25, -0.2) is 0 Å². The largest absolute Gasteiger partial charge is 0.482 e. The van der Waals surface area contributed by atoms with Crippen LogP contribution in [0.2, 0.25) is 0 Å². The van der Waals surface area contributed by atoms with Gasteiger partial charge in [-0.3, -0.25) is 9.59 Å². The number of nitrogens with one attached hydrogen (secondary N) is 1. The molecule has 0 saturated carbocycles. The second-order valence-electron chi connectivity index (χ2n) is 7.81. The molecule has 0 radical (unpaired) electrons. The molecule has 0 fully saturated rings. The van der Waals surface area contributed by atoms with Gasteiger partial charge < -0.3 is 24.4 Å². The molecule has 3 aromatic rings. The van der Waals surface area contributed by atoms with Crippen LogP contribution in [0.5, 0.6) is 17.2 Å². The van der Waals surface area contributed by atoms with Gasteiger partial charge in [-0.1, -0.05) is 35.9 Å². The first kappa shape index (κ1) is 19.9. The number of anilines is 1. The number of hydrogen-bond donors (Lipinski definition) is 1. The van der Waals surface area contributed by atoms with Crippen LogP contribution >= 0.6 is 0 Å². The highest BCUT2D eigenvalue weighted by atomic mass is 16.7. The molecule has 0 atom stereocenters. The molecule has 2 heterocycles. The van der Waals surface area contributed by atoms with Gasteiger partial charge in [0, 0.05) is 12.1 Å². The molecule has 2 aliphatic rings. The van der Waals surface area contributed by atoms with Crippen molar-refractivity contribution in [3.63, 3.8) is 0 Å². The summed E-state index contributed by atoms with van der Waals surface area (Å²) in [5.74, 6) is 1.58. The summed E-state index contributed by atoms with van der Waals surface area (Å²) in [7, 11) is 0. The molecule has 0 aliphatic carbocycles. The second kappa shape index (κ2) is 8.26. The molecule has 0 aromatic heterocycles. The fourth-order valence-corrected chi connectivity index (χ4v) is 3.73. The zero-order valence-electron chi connectivity index (χ0n) is 17.6. The standard InChI is InChI=1S/C25H22N2O5/c1-16-2-4-17(5-3-16)13-27-20-11-19(7-9-21(20)30-14-24(27)28)25(29)26-12-18-6-8-22-23(10-18)32-15-31-22/h2-11H,12-15H2,1H3,(H,26,29). The number of rotatable bonds is 5. The smallest absolute Gasteiger partial charge is 0.265 e. The van der Waals surface area contributed by atoms with Gasteiger partial charge in [0.05, 0.1) is 12.2 Å². The first-order valence-corrected chi connectivity index (χ1v) is 10.4. The maximum atomic E-state index is 12.8. The summed E-state index contributed by atoms with van der Waals surface area (Å²) in [6, 6.07) is 18.7. The van der Waals surface area contributed by atoms with E-state index >= 15 is 0 Å². The third-order valence-corrected chi connectivity index (χ3v) is 5.52. The lowest BCUT2D eigenvalue weighted by atomic mass is 10.1. The molecule has 2 amide bonds. The Balaban J connectivity index is 1.33. The first-order chi connectivity index (χ1) is 15.6. The van der Waals surface area contributed by atoms with Crippen LogP contribution in [0.3, 0.4) is 0 Å². The van der Waals surface area contributed by atoms with E-state index in [0.29, 0.717) is 41.6 Å². The number of hydrogen-bond acceptors (Lipinski definition) is 5. The predicted octanol–water partition coefficient (Wildman–Crippen LogP) is 3.58. The summed E-state index contributed by atoms with van der Waals surface area (Å²) in [5.41, 5.74) is 4.12. The van der Waals surface area contributed by atoms with Gasteiger partial charge in [0.2, 0.25) is 6.79 Å². The average Bonchev–Trinajstić information content (AvgIpc) is 3.28. The zero-order valence-corrected chi connectivity index (χ0v) is 17.6. The van der Waals surface area contributed by atoms with Crippen LogP contribution in [0, 0.1) is 6.92 Å². The molecule has 0 spiro atoms. The van der Waals surface area contributed by atoms with E-state index in [1.165, 1.54) is 0 Å². The van der Waals surface area contributed by atoms with Crippen molar-refractivity contribution in [3.05, 3.63) is 82.9 Å². The van der Waals surface area contributed by atoms with E-state index in [0.717, 1.165) is 16.7 Å². The van der Waals surface area contributed by atoms with Gasteiger partial charge in [-0.2, -0.15) is 0 Å². The molecular formula is C25H22N2O5. The van der Waals surface area contributed by atoms with E-state index in [1.54, 1.807) is 23.1 Å². The van der Waals surface area contributed by atoms with E-state index in [2.05, 4.69) is 5.32 Å². The molecule has 2 aliphatic heterocycles. The Morgan fingerprint density at radius 2 is 1.66 bits per heavy atom. The fraction of sp³-hybridized carbons (Fsp3) is 0.200. The van der Waals surface area contributed by atoms with Crippen LogP contribution in [0.4, 0.5) is 5.69 Å². The average molecular weight is 430 g/mol. The zero-order chi connectivity index (χ0) is 22.1. The van der Waals surface area contributed by atoms with Crippen molar-refractivity contribution in [2.24, 2.45) is 0 Å². The quantitative estimate of drug-likeness (QED) is 0.670. The number of carbonyl (C=O) groups excluding carboxylic acids is 2. The molecule has 7 nitrogen and oxygen atoms in total. The minimum atomic E-state index is -0.237. The summed E-state index contributed by atoms with van der Waals surface area (Å²) in [6.07, 6.45) is 0. The topological polar surface area (TPSA) is 77.1 Å². The van der Waals surface area contributed by atoms with Crippen molar-refractivity contribution in [2.75, 3.05) is 18.3 Å². The Labute approximate surface area is 185 Å². The van der Waals surface area contributed by atoms with Crippen molar-refractivity contribution >= 4 is 17.5 Å². The Bertz CT molecular complexity index is 1190. The summed E-state index contributed by atoms with van der Waals surface area (Å²) < 4.78 is 16.3. The maximum absolute atomic E-state index is 12.8. The normalized spacial score (nSPS) is 14.0. The molecule has 0 saturated heterocycles. The van der Waals surface area contributed by atoms with E-state index in [-0.39, 0.29) is 25.2 Å². The van der Waals surface area contributed by atoms with Gasteiger partial charge >= 0.3 is 0 Å². The number of aryl methyl sites for hydroxylation is 1. The minimum absolute atomic E-state index is 0.0193. The van der Waals surface area contributed by atoms with E-state index in [1.807, 2.05) is 49.4 Å². The molecule has 7 heteroatoms. The van der Waals surface area contributed by atoms with Gasteiger partial charge in [0.1, 0.15) is 5.75 Å². The minimum Gasteiger partial charge on any atom is -0.482 e. The van der Waals surface area contributed by atoms with Gasteiger partial charge in [-0.05, 0) is 48.4 Å². The van der Waals surface area contributed by atoms with Crippen molar-refractivity contribution < 1.29 is 23.8 Å². The number of nitrogens with zero attached hydrogens (tertiary/aromatic N) is 1. The summed E-state index contributed by atoms with van der Waals surface area (Å²) >= 11 is 0. The highest BCUT2D eigenvalue weighted by molar-refractivity contribution is 6.01. The second-order valence-corrected chi connectivity index (χ2v) is 7.81. The van der Waals surface area contributed by atoms with Crippen LogP contribution in [-0.2, 0) is 17.9 Å². The van der Waals surface area contributed by atoms with E-state index in [4.69, 9.17) is 14.2 Å². The van der Waals surface area contributed by atoms with Crippen LogP contribution in [0.25, 0.3) is 0 Å². The molecule has 5 rings (SSSR count). The molecular weight excluding hydrogens is 408 g/mol. The lowest BCUT2D eigenvalue weighted by Crippen LogP contribution is -2.38. The Morgan fingerprint density at radius 3 is 2.50 bits per heavy atom. The predicted molar refractivity (Wildman–Crippen MR) is 118 cm³/mol. The summed E-state index contributed by atoms with van der Waals surface area (Å²) in [4.78, 5) is 27.1. The number of benzene rings is 3. The number of carbonyl (C=O) groups is 2. The van der Waals surface area contributed by atoms with Crippen molar-refractivity contribution in [1.82, 2.24) is 5.32 Å². The van der Waals surface area contributed by atoms with Crippen molar-refractivity contribution in [1.29, 1.82) is 0 Å². The van der Waals surface area contributed by atoms with E-state index < -0.39 is 0 Å². The van der Waals surface area contributed by atoms with Gasteiger partial charge in [-0.15, -0.1) is 0 Å². The number of ether oxygens (including phenoxy) is 3. The Morgan fingerprint density at radius 1 is 0.906 bits per heavy atom. The summed E-state index contributed by atoms with van der Waals surface area (Å²) in [5, 5.41) is 2.92. The van der Waals surface area contributed by atoms with Crippen LogP contribution in [0.15, 0.2) is 60.7 Å². The van der Waals surface area contributed by atoms with Crippen LogP contribution in [-0.4, -0.2) is 25.2 Å². The molecule has 32 heavy (non-hydrogen) atoms. The lowest BCUT2D eigenvalue weighted by Gasteiger charge is -2.30. The molecule has 0 unspecified atom stereocenters. The molecule has 162 valence electrons. The third-order valence-electron chi connectivity index (χ3n) is 5.52. The van der Waals surface area contributed by atoms with Crippen LogP contribution < -0.4 is 24.4 Å². The lowest BCUT2D eigenvalue weighted by molar-refractivity contribution is -0.121. The number of amides is 2. The number of fused-ring (bicyclic) bond motifs is 2. The van der Waals surface area contributed by atoms with Crippen molar-refractivity contribution in [3.8, 4) is 17.2 Å². The highest BCUT2D eigenvalue weighted by Gasteiger charge is 2.27.